The Morgan fingerprint density at radius 1 is 1.29 bits per heavy atom. The van der Waals surface area contributed by atoms with E-state index < -0.39 is 12.5 Å². The minimum atomic E-state index is -0.580. The standard InChI is InChI=1S/C18H28BNO4/c1-6-17(4,5)24-19(23-8-3)14-9-12-20-15(13-14)18(10-11-18)16(21)22-7-2/h9,12-13H,6-8,10-11H2,1-5H3. The summed E-state index contributed by atoms with van der Waals surface area (Å²) in [5, 5.41) is 0. The van der Waals surface area contributed by atoms with Crippen LogP contribution < -0.4 is 5.46 Å². The van der Waals surface area contributed by atoms with Gasteiger partial charge in [-0.3, -0.25) is 9.78 Å². The van der Waals surface area contributed by atoms with Crippen molar-refractivity contribution in [3.05, 3.63) is 24.0 Å². The molecule has 1 fully saturated rings. The molecule has 0 spiro atoms. The maximum atomic E-state index is 12.3. The molecule has 5 nitrogen and oxygen atoms in total. The molecule has 24 heavy (non-hydrogen) atoms. The topological polar surface area (TPSA) is 57.7 Å². The highest BCUT2D eigenvalue weighted by Crippen LogP contribution is 2.48. The smallest absolute Gasteiger partial charge is 0.465 e. The predicted octanol–water partition coefficient (Wildman–Crippen LogP) is 2.61. The first kappa shape index (κ1) is 18.9. The van der Waals surface area contributed by atoms with Crippen LogP contribution in [0.15, 0.2) is 18.3 Å². The number of esters is 1. The lowest BCUT2D eigenvalue weighted by Crippen LogP contribution is -2.44. The van der Waals surface area contributed by atoms with Crippen LogP contribution in [0.1, 0.15) is 59.6 Å². The lowest BCUT2D eigenvalue weighted by molar-refractivity contribution is -0.146. The maximum absolute atomic E-state index is 12.3. The minimum Gasteiger partial charge on any atom is -0.465 e. The number of carbonyl (C=O) groups is 1. The van der Waals surface area contributed by atoms with E-state index >= 15 is 0 Å². The van der Waals surface area contributed by atoms with E-state index in [0.717, 1.165) is 30.4 Å². The van der Waals surface area contributed by atoms with Crippen LogP contribution in [0.4, 0.5) is 0 Å². The summed E-state index contributed by atoms with van der Waals surface area (Å²) in [4.78, 5) is 16.7. The SMILES string of the molecule is CCOB(OC(C)(C)CC)c1ccnc(C2(C(=O)OCC)CC2)c1. The Hall–Kier alpha value is -1.40. The second kappa shape index (κ2) is 7.66. The average Bonchev–Trinajstić information content (AvgIpc) is 3.37. The van der Waals surface area contributed by atoms with Crippen molar-refractivity contribution in [2.24, 2.45) is 0 Å². The summed E-state index contributed by atoms with van der Waals surface area (Å²) in [5.41, 5.74) is 0.769. The van der Waals surface area contributed by atoms with Crippen LogP contribution in [0.3, 0.4) is 0 Å². The lowest BCUT2D eigenvalue weighted by atomic mass is 9.76. The third-order valence-corrected chi connectivity index (χ3v) is 4.56. The highest BCUT2D eigenvalue weighted by Gasteiger charge is 2.54. The van der Waals surface area contributed by atoms with Crippen molar-refractivity contribution in [1.82, 2.24) is 4.98 Å². The number of ether oxygens (including phenoxy) is 1. The van der Waals surface area contributed by atoms with Gasteiger partial charge in [0.15, 0.2) is 0 Å². The summed E-state index contributed by atoms with van der Waals surface area (Å²) in [5.74, 6) is -0.183. The third kappa shape index (κ3) is 4.17. The molecule has 1 aliphatic rings. The quantitative estimate of drug-likeness (QED) is 0.514. The maximum Gasteiger partial charge on any atom is 0.494 e. The molecule has 1 aliphatic carbocycles. The molecule has 0 amide bonds. The zero-order chi connectivity index (χ0) is 17.8. The largest absolute Gasteiger partial charge is 0.494 e. The molecule has 1 heterocycles. The van der Waals surface area contributed by atoms with Gasteiger partial charge in [-0.1, -0.05) is 6.92 Å². The van der Waals surface area contributed by atoms with Crippen LogP contribution in [-0.2, 0) is 24.3 Å². The fourth-order valence-corrected chi connectivity index (χ4v) is 2.54. The van der Waals surface area contributed by atoms with Crippen LogP contribution in [-0.4, -0.2) is 36.9 Å². The molecule has 1 aromatic rings. The van der Waals surface area contributed by atoms with E-state index in [0.29, 0.717) is 13.2 Å². The molecule has 132 valence electrons. The molecule has 0 aliphatic heterocycles. The Bertz CT molecular complexity index is 572. The van der Waals surface area contributed by atoms with Crippen molar-refractivity contribution in [3.63, 3.8) is 0 Å². The first-order valence-electron chi connectivity index (χ1n) is 8.81. The van der Waals surface area contributed by atoms with Gasteiger partial charge < -0.3 is 14.0 Å². The Labute approximate surface area is 145 Å². The van der Waals surface area contributed by atoms with Crippen LogP contribution >= 0.6 is 0 Å². The summed E-state index contributed by atoms with van der Waals surface area (Å²) >= 11 is 0. The van der Waals surface area contributed by atoms with E-state index in [1.807, 2.05) is 39.8 Å². The van der Waals surface area contributed by atoms with Gasteiger partial charge in [0.2, 0.25) is 0 Å². The van der Waals surface area contributed by atoms with Gasteiger partial charge in [0, 0.05) is 18.4 Å². The Morgan fingerprint density at radius 3 is 2.54 bits per heavy atom. The summed E-state index contributed by atoms with van der Waals surface area (Å²) in [6.07, 6.45) is 4.16. The van der Waals surface area contributed by atoms with E-state index in [4.69, 9.17) is 14.0 Å². The third-order valence-electron chi connectivity index (χ3n) is 4.56. The minimum absolute atomic E-state index is 0.183. The first-order chi connectivity index (χ1) is 11.4. The Balaban J connectivity index is 2.26. The monoisotopic (exact) mass is 333 g/mol. The zero-order valence-corrected chi connectivity index (χ0v) is 15.4. The molecule has 0 bridgehead atoms. The van der Waals surface area contributed by atoms with Gasteiger partial charge in [-0.25, -0.2) is 0 Å². The molecule has 2 rings (SSSR count). The molecular formula is C18H28BNO4. The lowest BCUT2D eigenvalue weighted by Gasteiger charge is -2.28. The zero-order valence-electron chi connectivity index (χ0n) is 15.4. The van der Waals surface area contributed by atoms with Gasteiger partial charge in [-0.2, -0.15) is 0 Å². The molecule has 0 unspecified atom stereocenters. The molecule has 1 saturated carbocycles. The van der Waals surface area contributed by atoms with Gasteiger partial charge in [-0.15, -0.1) is 0 Å². The van der Waals surface area contributed by atoms with Gasteiger partial charge in [0.1, 0.15) is 5.41 Å². The van der Waals surface area contributed by atoms with Crippen molar-refractivity contribution in [2.45, 2.75) is 64.9 Å². The Morgan fingerprint density at radius 2 is 2.00 bits per heavy atom. The van der Waals surface area contributed by atoms with E-state index in [2.05, 4.69) is 11.9 Å². The Kier molecular flexibility index (Phi) is 6.04. The van der Waals surface area contributed by atoms with Crippen LogP contribution in [0.25, 0.3) is 0 Å². The van der Waals surface area contributed by atoms with Crippen molar-refractivity contribution >= 4 is 18.6 Å². The highest BCUT2D eigenvalue weighted by molar-refractivity contribution is 6.61. The van der Waals surface area contributed by atoms with Crippen LogP contribution in [0.5, 0.6) is 0 Å². The van der Waals surface area contributed by atoms with E-state index in [9.17, 15) is 4.79 Å². The van der Waals surface area contributed by atoms with Crippen LogP contribution in [0.2, 0.25) is 0 Å². The van der Waals surface area contributed by atoms with Crippen LogP contribution in [0, 0.1) is 0 Å². The van der Waals surface area contributed by atoms with E-state index in [1.54, 1.807) is 6.20 Å². The second-order valence-corrected chi connectivity index (χ2v) is 6.80. The predicted molar refractivity (Wildman–Crippen MR) is 94.3 cm³/mol. The van der Waals surface area contributed by atoms with Crippen molar-refractivity contribution < 1.29 is 18.8 Å². The normalized spacial score (nSPS) is 15.9. The van der Waals surface area contributed by atoms with Crippen molar-refractivity contribution in [1.29, 1.82) is 0 Å². The molecule has 0 saturated heterocycles. The summed E-state index contributed by atoms with van der Waals surface area (Å²) in [6.45, 7) is 10.9. The second-order valence-electron chi connectivity index (χ2n) is 6.80. The number of pyridine rings is 1. The summed E-state index contributed by atoms with van der Waals surface area (Å²) in [6, 6.07) is 3.81. The first-order valence-corrected chi connectivity index (χ1v) is 8.81. The summed E-state index contributed by atoms with van der Waals surface area (Å²) < 4.78 is 17.2. The number of carbonyl (C=O) groups excluding carboxylic acids is 1. The van der Waals surface area contributed by atoms with Gasteiger partial charge in [0.25, 0.3) is 0 Å². The van der Waals surface area contributed by atoms with Gasteiger partial charge in [-0.05, 0) is 64.6 Å². The van der Waals surface area contributed by atoms with Crippen molar-refractivity contribution in [3.8, 4) is 0 Å². The fraction of sp³-hybridized carbons (Fsp3) is 0.667. The molecule has 0 N–H and O–H groups in total. The number of hydrogen-bond acceptors (Lipinski definition) is 5. The summed E-state index contributed by atoms with van der Waals surface area (Å²) in [7, 11) is -0.468. The van der Waals surface area contributed by atoms with Gasteiger partial charge >= 0.3 is 13.1 Å². The van der Waals surface area contributed by atoms with E-state index in [-0.39, 0.29) is 11.6 Å². The van der Waals surface area contributed by atoms with Crippen molar-refractivity contribution in [2.75, 3.05) is 13.2 Å². The molecule has 0 radical (unpaired) electrons. The number of nitrogens with zero attached hydrogens (tertiary/aromatic N) is 1. The number of rotatable bonds is 9. The molecule has 0 atom stereocenters. The number of hydrogen-bond donors (Lipinski definition) is 0. The molecule has 1 aromatic heterocycles. The molecule has 0 aromatic carbocycles. The molecular weight excluding hydrogens is 305 g/mol. The molecule has 6 heteroatoms. The average molecular weight is 333 g/mol. The fourth-order valence-electron chi connectivity index (χ4n) is 2.54. The highest BCUT2D eigenvalue weighted by atomic mass is 16.6. The van der Waals surface area contributed by atoms with Gasteiger partial charge in [0.05, 0.1) is 12.3 Å². The number of aromatic nitrogens is 1. The van der Waals surface area contributed by atoms with E-state index in [1.165, 1.54) is 0 Å².